The zero-order chi connectivity index (χ0) is 12.8. The number of H-pyrrole nitrogens is 1. The number of halogens is 6. The van der Waals surface area contributed by atoms with E-state index in [0.717, 1.165) is 0 Å². The molecule has 0 aliphatic carbocycles. The molecule has 92 valence electrons. The number of imidazole rings is 1. The van der Waals surface area contributed by atoms with Gasteiger partial charge in [-0.3, -0.25) is 0 Å². The van der Waals surface area contributed by atoms with Crippen molar-refractivity contribution in [3.8, 4) is 0 Å². The van der Waals surface area contributed by atoms with Crippen molar-refractivity contribution in [2.75, 3.05) is 0 Å². The zero-order valence-electron chi connectivity index (χ0n) is 7.82. The number of hydrogen-bond donors (Lipinski definition) is 1. The summed E-state index contributed by atoms with van der Waals surface area (Å²) in [6.45, 7) is 0. The van der Waals surface area contributed by atoms with Crippen molar-refractivity contribution in [1.82, 2.24) is 15.0 Å². The molecule has 2 aromatic heterocycles. The first-order valence-electron chi connectivity index (χ1n) is 4.19. The van der Waals surface area contributed by atoms with Crippen LogP contribution in [0.5, 0.6) is 0 Å². The Bertz CT molecular complexity index is 562. The maximum atomic E-state index is 12.9. The summed E-state index contributed by atoms with van der Waals surface area (Å²) in [5.74, 6) is -6.56. The molecule has 9 heteroatoms. The highest BCUT2D eigenvalue weighted by Crippen LogP contribution is 2.42. The SMILES string of the molecule is FC(F)(F)C(F)(F)c1nc2nc(Cl)ccc2[nH]1. The highest BCUT2D eigenvalue weighted by molar-refractivity contribution is 6.29. The van der Waals surface area contributed by atoms with E-state index < -0.39 is 17.9 Å². The maximum Gasteiger partial charge on any atom is 0.461 e. The average Bonchev–Trinajstić information content (AvgIpc) is 2.58. The van der Waals surface area contributed by atoms with Crippen LogP contribution in [0, 0.1) is 0 Å². The van der Waals surface area contributed by atoms with Crippen LogP contribution in [0.15, 0.2) is 12.1 Å². The zero-order valence-corrected chi connectivity index (χ0v) is 8.57. The van der Waals surface area contributed by atoms with Crippen molar-refractivity contribution in [3.05, 3.63) is 23.1 Å². The fourth-order valence-corrected chi connectivity index (χ4v) is 1.30. The van der Waals surface area contributed by atoms with Gasteiger partial charge in [-0.1, -0.05) is 11.6 Å². The van der Waals surface area contributed by atoms with Gasteiger partial charge in [0, 0.05) is 0 Å². The molecule has 0 fully saturated rings. The third-order valence-electron chi connectivity index (χ3n) is 1.97. The highest BCUT2D eigenvalue weighted by Gasteiger charge is 2.61. The number of pyridine rings is 1. The van der Waals surface area contributed by atoms with E-state index in [4.69, 9.17) is 11.6 Å². The fraction of sp³-hybridized carbons (Fsp3) is 0.250. The second kappa shape index (κ2) is 3.52. The summed E-state index contributed by atoms with van der Waals surface area (Å²) in [6, 6.07) is 2.46. The van der Waals surface area contributed by atoms with Gasteiger partial charge in [0.2, 0.25) is 0 Å². The van der Waals surface area contributed by atoms with Gasteiger partial charge in [0.25, 0.3) is 0 Å². The summed E-state index contributed by atoms with van der Waals surface area (Å²) in [5.41, 5.74) is -0.343. The molecule has 0 radical (unpaired) electrons. The fourth-order valence-electron chi connectivity index (χ4n) is 1.15. The maximum absolute atomic E-state index is 12.9. The topological polar surface area (TPSA) is 41.6 Å². The van der Waals surface area contributed by atoms with E-state index in [1.165, 1.54) is 12.1 Å². The predicted octanol–water partition coefficient (Wildman–Crippen LogP) is 3.27. The third-order valence-corrected chi connectivity index (χ3v) is 2.18. The van der Waals surface area contributed by atoms with Crippen molar-refractivity contribution in [2.45, 2.75) is 12.1 Å². The summed E-state index contributed by atoms with van der Waals surface area (Å²) in [7, 11) is 0. The van der Waals surface area contributed by atoms with E-state index in [1.807, 2.05) is 4.98 Å². The van der Waals surface area contributed by atoms with Crippen molar-refractivity contribution >= 4 is 22.8 Å². The normalized spacial score (nSPS) is 13.3. The van der Waals surface area contributed by atoms with Crippen LogP contribution in [0.2, 0.25) is 5.15 Å². The minimum Gasteiger partial charge on any atom is -0.335 e. The molecule has 0 atom stereocenters. The van der Waals surface area contributed by atoms with Crippen molar-refractivity contribution in [1.29, 1.82) is 0 Å². The van der Waals surface area contributed by atoms with Crippen LogP contribution in [0.3, 0.4) is 0 Å². The molecule has 2 heterocycles. The lowest BCUT2D eigenvalue weighted by atomic mass is 10.3. The number of nitrogens with zero attached hydrogens (tertiary/aromatic N) is 2. The van der Waals surface area contributed by atoms with E-state index in [2.05, 4.69) is 9.97 Å². The summed E-state index contributed by atoms with van der Waals surface area (Å²) >= 11 is 5.46. The van der Waals surface area contributed by atoms with Gasteiger partial charge in [0.15, 0.2) is 11.5 Å². The van der Waals surface area contributed by atoms with Gasteiger partial charge in [0.1, 0.15) is 5.15 Å². The Hall–Kier alpha value is -1.44. The van der Waals surface area contributed by atoms with E-state index in [9.17, 15) is 22.0 Å². The van der Waals surface area contributed by atoms with Crippen LogP contribution in [-0.4, -0.2) is 21.1 Å². The smallest absolute Gasteiger partial charge is 0.335 e. The number of alkyl halides is 5. The molecule has 0 aliphatic rings. The Morgan fingerprint density at radius 2 is 1.71 bits per heavy atom. The van der Waals surface area contributed by atoms with E-state index in [-0.39, 0.29) is 16.3 Å². The first kappa shape index (κ1) is 12.0. The van der Waals surface area contributed by atoms with Gasteiger partial charge in [-0.15, -0.1) is 0 Å². The van der Waals surface area contributed by atoms with E-state index in [0.29, 0.717) is 0 Å². The van der Waals surface area contributed by atoms with E-state index in [1.54, 1.807) is 0 Å². The van der Waals surface area contributed by atoms with Crippen molar-refractivity contribution < 1.29 is 22.0 Å². The second-order valence-electron chi connectivity index (χ2n) is 3.16. The van der Waals surface area contributed by atoms with Crippen LogP contribution in [-0.2, 0) is 5.92 Å². The molecular formula is C8H3ClF5N3. The molecule has 2 aromatic rings. The summed E-state index contributed by atoms with van der Waals surface area (Å²) in [6.07, 6.45) is -5.72. The van der Waals surface area contributed by atoms with Crippen molar-refractivity contribution in [2.24, 2.45) is 0 Å². The summed E-state index contributed by atoms with van der Waals surface area (Å²) < 4.78 is 62.1. The lowest BCUT2D eigenvalue weighted by Gasteiger charge is -2.16. The van der Waals surface area contributed by atoms with Gasteiger partial charge < -0.3 is 4.98 Å². The summed E-state index contributed by atoms with van der Waals surface area (Å²) in [5, 5.41) is -0.0501. The molecule has 0 aliphatic heterocycles. The molecular weight excluding hydrogens is 269 g/mol. The lowest BCUT2D eigenvalue weighted by molar-refractivity contribution is -0.292. The number of rotatable bonds is 1. The molecule has 17 heavy (non-hydrogen) atoms. The number of hydrogen-bond acceptors (Lipinski definition) is 2. The number of fused-ring (bicyclic) bond motifs is 1. The van der Waals surface area contributed by atoms with Crippen LogP contribution >= 0.6 is 11.6 Å². The molecule has 0 spiro atoms. The highest BCUT2D eigenvalue weighted by atomic mass is 35.5. The van der Waals surface area contributed by atoms with Gasteiger partial charge in [0.05, 0.1) is 5.52 Å². The second-order valence-corrected chi connectivity index (χ2v) is 3.55. The first-order chi connectivity index (χ1) is 7.72. The van der Waals surface area contributed by atoms with Crippen molar-refractivity contribution in [3.63, 3.8) is 0 Å². The minimum absolute atomic E-state index is 0.0478. The minimum atomic E-state index is -5.72. The Morgan fingerprint density at radius 1 is 1.06 bits per heavy atom. The predicted molar refractivity (Wildman–Crippen MR) is 48.8 cm³/mol. The van der Waals surface area contributed by atoms with Gasteiger partial charge in [-0.2, -0.15) is 22.0 Å². The molecule has 3 nitrogen and oxygen atoms in total. The summed E-state index contributed by atoms with van der Waals surface area (Å²) in [4.78, 5) is 8.47. The monoisotopic (exact) mass is 271 g/mol. The quantitative estimate of drug-likeness (QED) is 0.639. The number of nitrogens with one attached hydrogen (secondary N) is 1. The lowest BCUT2D eigenvalue weighted by Crippen LogP contribution is -2.34. The molecule has 0 unspecified atom stereocenters. The Labute approximate surface area is 95.6 Å². The first-order valence-corrected chi connectivity index (χ1v) is 4.57. The molecule has 0 aromatic carbocycles. The largest absolute Gasteiger partial charge is 0.461 e. The Kier molecular flexibility index (Phi) is 2.49. The van der Waals surface area contributed by atoms with Crippen LogP contribution in [0.1, 0.15) is 5.82 Å². The Balaban J connectivity index is 2.57. The Morgan fingerprint density at radius 3 is 2.29 bits per heavy atom. The number of aromatic amines is 1. The molecule has 0 saturated heterocycles. The number of aromatic nitrogens is 3. The van der Waals surface area contributed by atoms with Crippen LogP contribution in [0.4, 0.5) is 22.0 Å². The molecule has 2 rings (SSSR count). The molecule has 1 N–H and O–H groups in total. The van der Waals surface area contributed by atoms with E-state index >= 15 is 0 Å². The average molecular weight is 272 g/mol. The van der Waals surface area contributed by atoms with Gasteiger partial charge in [-0.25, -0.2) is 9.97 Å². The van der Waals surface area contributed by atoms with Gasteiger partial charge >= 0.3 is 12.1 Å². The van der Waals surface area contributed by atoms with Crippen LogP contribution < -0.4 is 0 Å². The van der Waals surface area contributed by atoms with Crippen LogP contribution in [0.25, 0.3) is 11.2 Å². The standard InChI is InChI=1S/C8H3ClF5N3/c9-4-2-1-3-5(16-4)17-6(15-3)7(10,11)8(12,13)14/h1-2H,(H,15,16,17). The third kappa shape index (κ3) is 1.92. The molecule has 0 bridgehead atoms. The van der Waals surface area contributed by atoms with Gasteiger partial charge in [-0.05, 0) is 12.1 Å². The molecule has 0 saturated carbocycles. The molecule has 0 amide bonds.